The molecule has 1 amide bonds. The summed E-state index contributed by atoms with van der Waals surface area (Å²) in [4.78, 5) is 19.7. The highest BCUT2D eigenvalue weighted by atomic mass is 32.2. The van der Waals surface area contributed by atoms with E-state index in [0.717, 1.165) is 42.1 Å². The summed E-state index contributed by atoms with van der Waals surface area (Å²) >= 11 is 1.43. The van der Waals surface area contributed by atoms with Gasteiger partial charge in [-0.05, 0) is 50.3 Å². The molecule has 1 aromatic carbocycles. The van der Waals surface area contributed by atoms with Crippen molar-refractivity contribution in [3.63, 3.8) is 0 Å². The predicted octanol–water partition coefficient (Wildman–Crippen LogP) is 3.54. The molecular formula is C22H29N3O3S2. The van der Waals surface area contributed by atoms with Gasteiger partial charge < -0.3 is 4.90 Å². The first-order valence-electron chi connectivity index (χ1n) is 10.6. The number of carbonyl (C=O) groups excluding carboxylic acids is 1. The lowest BCUT2D eigenvalue weighted by Crippen LogP contribution is -2.47. The maximum absolute atomic E-state index is 13.3. The molecule has 2 aromatic rings. The Hall–Kier alpha value is -1.80. The molecule has 0 spiro atoms. The van der Waals surface area contributed by atoms with Crippen molar-refractivity contribution < 1.29 is 13.2 Å². The molecule has 8 heteroatoms. The number of rotatable bonds is 6. The highest BCUT2D eigenvalue weighted by Crippen LogP contribution is 2.31. The van der Waals surface area contributed by atoms with E-state index in [9.17, 15) is 13.2 Å². The summed E-state index contributed by atoms with van der Waals surface area (Å²) in [6, 6.07) is 6.30. The molecule has 0 bridgehead atoms. The third kappa shape index (κ3) is 4.59. The Bertz CT molecular complexity index is 1030. The van der Waals surface area contributed by atoms with Crippen LogP contribution in [0.25, 0.3) is 5.69 Å². The Morgan fingerprint density at radius 2 is 1.97 bits per heavy atom. The second kappa shape index (κ2) is 8.75. The van der Waals surface area contributed by atoms with Crippen molar-refractivity contribution in [1.29, 1.82) is 0 Å². The summed E-state index contributed by atoms with van der Waals surface area (Å²) in [5, 5.41) is 0.780. The quantitative estimate of drug-likeness (QED) is 0.634. The number of hydrogen-bond acceptors (Lipinski definition) is 5. The molecule has 0 N–H and O–H groups in total. The van der Waals surface area contributed by atoms with Crippen LogP contribution in [0.1, 0.15) is 43.2 Å². The molecule has 1 aromatic heterocycles. The summed E-state index contributed by atoms with van der Waals surface area (Å²) in [6.07, 6.45) is 8.41. The second-order valence-electron chi connectivity index (χ2n) is 8.45. The number of amides is 1. The van der Waals surface area contributed by atoms with Crippen LogP contribution >= 0.6 is 11.8 Å². The predicted molar refractivity (Wildman–Crippen MR) is 120 cm³/mol. The second-order valence-corrected chi connectivity index (χ2v) is 11.6. The zero-order chi connectivity index (χ0) is 21.3. The maximum Gasteiger partial charge on any atom is 0.233 e. The summed E-state index contributed by atoms with van der Waals surface area (Å²) in [5.74, 6) is 0.606. The van der Waals surface area contributed by atoms with Gasteiger partial charge in [0.25, 0.3) is 0 Å². The van der Waals surface area contributed by atoms with Crippen LogP contribution in [-0.2, 0) is 14.6 Å². The summed E-state index contributed by atoms with van der Waals surface area (Å²) in [7, 11) is -3.03. The van der Waals surface area contributed by atoms with Crippen LogP contribution in [0.15, 0.2) is 35.7 Å². The van der Waals surface area contributed by atoms with Gasteiger partial charge in [-0.15, -0.1) is 0 Å². The Kier molecular flexibility index (Phi) is 6.25. The summed E-state index contributed by atoms with van der Waals surface area (Å²) in [5.41, 5.74) is 3.39. The van der Waals surface area contributed by atoms with Gasteiger partial charge in [-0.1, -0.05) is 36.7 Å². The lowest BCUT2D eigenvalue weighted by atomic mass is 10.1. The molecule has 6 nitrogen and oxygen atoms in total. The molecule has 2 aliphatic rings. The van der Waals surface area contributed by atoms with E-state index in [1.807, 2.05) is 15.7 Å². The van der Waals surface area contributed by atoms with Crippen LogP contribution in [0, 0.1) is 13.8 Å². The molecule has 1 aliphatic heterocycles. The van der Waals surface area contributed by atoms with E-state index in [4.69, 9.17) is 0 Å². The first-order chi connectivity index (χ1) is 14.3. The van der Waals surface area contributed by atoms with Gasteiger partial charge in [0.2, 0.25) is 5.91 Å². The van der Waals surface area contributed by atoms with Gasteiger partial charge in [-0.3, -0.25) is 9.36 Å². The van der Waals surface area contributed by atoms with Gasteiger partial charge in [-0.2, -0.15) is 0 Å². The van der Waals surface area contributed by atoms with Crippen LogP contribution in [0.2, 0.25) is 0 Å². The van der Waals surface area contributed by atoms with Gasteiger partial charge in [0, 0.05) is 24.5 Å². The molecule has 1 aliphatic carbocycles. The van der Waals surface area contributed by atoms with Crippen molar-refractivity contribution in [2.75, 3.05) is 17.3 Å². The highest BCUT2D eigenvalue weighted by molar-refractivity contribution is 7.99. The minimum absolute atomic E-state index is 0.0320. The van der Waals surface area contributed by atoms with E-state index < -0.39 is 9.84 Å². The highest BCUT2D eigenvalue weighted by Gasteiger charge is 2.38. The molecule has 1 atom stereocenters. The van der Waals surface area contributed by atoms with E-state index in [1.54, 1.807) is 6.20 Å². The van der Waals surface area contributed by atoms with E-state index in [-0.39, 0.29) is 35.2 Å². The Labute approximate surface area is 183 Å². The number of hydrogen-bond donors (Lipinski definition) is 0. The zero-order valence-corrected chi connectivity index (χ0v) is 19.2. The topological polar surface area (TPSA) is 72.3 Å². The molecule has 2 heterocycles. The molecule has 1 saturated carbocycles. The van der Waals surface area contributed by atoms with E-state index in [0.29, 0.717) is 6.42 Å². The van der Waals surface area contributed by atoms with Crippen molar-refractivity contribution in [2.45, 2.75) is 63.2 Å². The van der Waals surface area contributed by atoms with Crippen LogP contribution in [0.3, 0.4) is 0 Å². The number of imidazole rings is 1. The van der Waals surface area contributed by atoms with Gasteiger partial charge >= 0.3 is 0 Å². The maximum atomic E-state index is 13.3. The molecule has 2 fully saturated rings. The van der Waals surface area contributed by atoms with E-state index in [1.165, 1.54) is 17.3 Å². The monoisotopic (exact) mass is 447 g/mol. The van der Waals surface area contributed by atoms with Crippen LogP contribution in [0.4, 0.5) is 0 Å². The van der Waals surface area contributed by atoms with E-state index in [2.05, 4.69) is 37.0 Å². The zero-order valence-electron chi connectivity index (χ0n) is 17.6. The Balaban J connectivity index is 1.51. The lowest BCUT2D eigenvalue weighted by Gasteiger charge is -2.34. The fraction of sp³-hybridized carbons (Fsp3) is 0.545. The van der Waals surface area contributed by atoms with Crippen molar-refractivity contribution in [3.05, 3.63) is 41.7 Å². The summed E-state index contributed by atoms with van der Waals surface area (Å²) < 4.78 is 26.1. The lowest BCUT2D eigenvalue weighted by molar-refractivity contribution is -0.132. The first kappa shape index (κ1) is 21.4. The number of nitrogens with zero attached hydrogens (tertiary/aromatic N) is 3. The normalized spacial score (nSPS) is 21.2. The van der Waals surface area contributed by atoms with Crippen LogP contribution in [-0.4, -0.2) is 58.1 Å². The standard InChI is InChI=1S/C22H29N3O3S2/c1-16-7-8-17(2)20(13-16)24-11-10-23-22(24)29-14-21(26)25(18-5-3-4-6-18)19-9-12-30(27,28)15-19/h7-8,10-11,13,18-19H,3-6,9,12,14-15H2,1-2H3. The number of thioether (sulfide) groups is 1. The van der Waals surface area contributed by atoms with Crippen LogP contribution in [0.5, 0.6) is 0 Å². The average Bonchev–Trinajstić information content (AvgIpc) is 3.44. The number of sulfone groups is 1. The molecular weight excluding hydrogens is 418 g/mol. The van der Waals surface area contributed by atoms with Crippen molar-refractivity contribution >= 4 is 27.5 Å². The number of carbonyl (C=O) groups is 1. The van der Waals surface area contributed by atoms with Crippen molar-refractivity contribution in [1.82, 2.24) is 14.5 Å². The van der Waals surface area contributed by atoms with Crippen molar-refractivity contribution in [3.8, 4) is 5.69 Å². The molecule has 30 heavy (non-hydrogen) atoms. The summed E-state index contributed by atoms with van der Waals surface area (Å²) in [6.45, 7) is 4.13. The molecule has 0 radical (unpaired) electrons. The SMILES string of the molecule is Cc1ccc(C)c(-n2ccnc2SCC(=O)N(C2CCCC2)C2CCS(=O)(=O)C2)c1. The smallest absolute Gasteiger partial charge is 0.233 e. The molecule has 4 rings (SSSR count). The van der Waals surface area contributed by atoms with Crippen LogP contribution < -0.4 is 0 Å². The van der Waals surface area contributed by atoms with Crippen molar-refractivity contribution in [2.24, 2.45) is 0 Å². The molecule has 1 saturated heterocycles. The fourth-order valence-electron chi connectivity index (χ4n) is 4.64. The van der Waals surface area contributed by atoms with Gasteiger partial charge in [0.15, 0.2) is 15.0 Å². The number of aromatic nitrogens is 2. The fourth-order valence-corrected chi connectivity index (χ4v) is 7.19. The third-order valence-corrected chi connectivity index (χ3v) is 8.87. The molecule has 162 valence electrons. The van der Waals surface area contributed by atoms with Gasteiger partial charge in [-0.25, -0.2) is 13.4 Å². The van der Waals surface area contributed by atoms with Gasteiger partial charge in [0.05, 0.1) is 22.9 Å². The Morgan fingerprint density at radius 1 is 1.20 bits per heavy atom. The minimum Gasteiger partial charge on any atom is -0.335 e. The first-order valence-corrected chi connectivity index (χ1v) is 13.4. The number of benzene rings is 1. The number of aryl methyl sites for hydroxylation is 2. The largest absolute Gasteiger partial charge is 0.335 e. The van der Waals surface area contributed by atoms with Gasteiger partial charge in [0.1, 0.15) is 0 Å². The van der Waals surface area contributed by atoms with E-state index >= 15 is 0 Å². The average molecular weight is 448 g/mol. The third-order valence-electron chi connectivity index (χ3n) is 6.16. The Morgan fingerprint density at radius 3 is 2.67 bits per heavy atom. The minimum atomic E-state index is -3.03. The molecule has 1 unspecified atom stereocenters.